The Labute approximate surface area is 213 Å². The second-order valence-corrected chi connectivity index (χ2v) is 15.5. The van der Waals surface area contributed by atoms with Crippen LogP contribution in [0.25, 0.3) is 0 Å². The lowest BCUT2D eigenvalue weighted by Gasteiger charge is -2.44. The van der Waals surface area contributed by atoms with Gasteiger partial charge in [-0.25, -0.2) is 0 Å². The van der Waals surface area contributed by atoms with Gasteiger partial charge in [0.05, 0.1) is 19.0 Å². The Morgan fingerprint density at radius 2 is 1.46 bits per heavy atom. The van der Waals surface area contributed by atoms with Crippen molar-refractivity contribution in [3.63, 3.8) is 0 Å². The fourth-order valence-corrected chi connectivity index (χ4v) is 9.18. The number of hydrogen-bond donors (Lipinski definition) is 0. The fraction of sp³-hybridized carbons (Fsp3) is 0.379. The van der Waals surface area contributed by atoms with Crippen LogP contribution in [0.4, 0.5) is 0 Å². The molecule has 0 saturated carbocycles. The van der Waals surface area contributed by atoms with Gasteiger partial charge >= 0.3 is 0 Å². The van der Waals surface area contributed by atoms with Crippen LogP contribution in [-0.4, -0.2) is 35.7 Å². The summed E-state index contributed by atoms with van der Waals surface area (Å²) in [6.07, 6.45) is 15.5. The maximum absolute atomic E-state index is 11.6. The predicted octanol–water partition coefficient (Wildman–Crippen LogP) is 5.77. The van der Waals surface area contributed by atoms with Crippen LogP contribution in [0.15, 0.2) is 97.1 Å². The monoisotopic (exact) mass is 512 g/mol. The van der Waals surface area contributed by atoms with Gasteiger partial charge in [0.15, 0.2) is 0 Å². The van der Waals surface area contributed by atoms with Crippen LogP contribution in [0.2, 0.25) is 5.04 Å². The summed E-state index contributed by atoms with van der Waals surface area (Å²) in [7, 11) is -6.31. The molecule has 0 aliphatic rings. The molecule has 0 bridgehead atoms. The average molecular weight is 513 g/mol. The largest absolute Gasteiger partial charge is 0.401 e. The fourth-order valence-electron chi connectivity index (χ4n) is 4.12. The molecule has 1 atom stereocenters. The van der Waals surface area contributed by atoms with E-state index < -0.39 is 18.4 Å². The van der Waals surface area contributed by atoms with E-state index in [0.717, 1.165) is 19.1 Å². The summed E-state index contributed by atoms with van der Waals surface area (Å²) in [4.78, 5) is 0. The molecule has 0 aromatic heterocycles. The van der Waals surface area contributed by atoms with Crippen molar-refractivity contribution in [1.82, 2.24) is 0 Å². The molecule has 190 valence electrons. The molecule has 2 aromatic rings. The summed E-state index contributed by atoms with van der Waals surface area (Å²) < 4.78 is 35.4. The Bertz CT molecular complexity index is 1030. The zero-order valence-electron chi connectivity index (χ0n) is 21.7. The van der Waals surface area contributed by atoms with Crippen LogP contribution in [0.1, 0.15) is 47.0 Å². The normalized spacial score (nSPS) is 14.3. The first-order valence-corrected chi connectivity index (χ1v) is 15.9. The van der Waals surface area contributed by atoms with Gasteiger partial charge in [0.25, 0.3) is 18.4 Å². The van der Waals surface area contributed by atoms with Crippen molar-refractivity contribution in [2.24, 2.45) is 0 Å². The number of hydrogen-bond acceptors (Lipinski definition) is 4. The maximum atomic E-state index is 11.6. The summed E-state index contributed by atoms with van der Waals surface area (Å²) in [5, 5.41) is 2.18. The molecule has 0 radical (unpaired) electrons. The summed E-state index contributed by atoms with van der Waals surface area (Å²) in [5.41, 5.74) is 0. The smallest absolute Gasteiger partial charge is 0.264 e. The van der Waals surface area contributed by atoms with Crippen molar-refractivity contribution < 1.29 is 17.0 Å². The van der Waals surface area contributed by atoms with E-state index in [2.05, 4.69) is 94.5 Å². The zero-order chi connectivity index (χ0) is 25.8. The molecule has 0 amide bonds. The first-order chi connectivity index (χ1) is 16.6. The third kappa shape index (κ3) is 9.04. The molecule has 2 rings (SSSR count). The Morgan fingerprint density at radius 1 is 0.886 bits per heavy atom. The minimum Gasteiger partial charge on any atom is -0.401 e. The van der Waals surface area contributed by atoms with Crippen LogP contribution in [0.3, 0.4) is 0 Å². The third-order valence-electron chi connectivity index (χ3n) is 5.69. The predicted molar refractivity (Wildman–Crippen MR) is 150 cm³/mol. The second kappa shape index (κ2) is 13.7. The molecule has 35 heavy (non-hydrogen) atoms. The molecule has 0 N–H and O–H groups in total. The van der Waals surface area contributed by atoms with E-state index in [1.54, 1.807) is 0 Å². The van der Waals surface area contributed by atoms with Crippen LogP contribution in [0, 0.1) is 0 Å². The highest BCUT2D eigenvalue weighted by atomic mass is 32.2. The molecule has 0 heterocycles. The van der Waals surface area contributed by atoms with E-state index in [-0.39, 0.29) is 17.7 Å². The van der Waals surface area contributed by atoms with Crippen LogP contribution in [-0.2, 0) is 18.7 Å². The molecule has 0 fully saturated rings. The van der Waals surface area contributed by atoms with Gasteiger partial charge in [-0.05, 0) is 28.3 Å². The highest BCUT2D eigenvalue weighted by molar-refractivity contribution is 7.85. The molecule has 0 spiro atoms. The van der Waals surface area contributed by atoms with Crippen molar-refractivity contribution in [3.8, 4) is 0 Å². The lowest BCUT2D eigenvalue weighted by atomic mass is 10.2. The molecular weight excluding hydrogens is 472 g/mol. The van der Waals surface area contributed by atoms with Gasteiger partial charge in [-0.3, -0.25) is 4.18 Å². The SMILES string of the molecule is CC/C=C\C/C=C\C=C\[C@@H](CCOS(C)(=O)=O)O[Si](c1ccccc1)(c1ccccc1)C(C)(C)C. The lowest BCUT2D eigenvalue weighted by molar-refractivity contribution is 0.190. The van der Waals surface area contributed by atoms with Crippen molar-refractivity contribution >= 4 is 28.8 Å². The highest BCUT2D eigenvalue weighted by Crippen LogP contribution is 2.38. The Kier molecular flexibility index (Phi) is 11.4. The summed E-state index contributed by atoms with van der Waals surface area (Å²) in [6, 6.07) is 20.9. The minimum absolute atomic E-state index is 0.0645. The first-order valence-electron chi connectivity index (χ1n) is 12.2. The Balaban J connectivity index is 2.48. The zero-order valence-corrected chi connectivity index (χ0v) is 23.5. The van der Waals surface area contributed by atoms with Crippen molar-refractivity contribution in [2.45, 2.75) is 58.1 Å². The van der Waals surface area contributed by atoms with Crippen LogP contribution >= 0.6 is 0 Å². The third-order valence-corrected chi connectivity index (χ3v) is 11.3. The number of allylic oxidation sites excluding steroid dienone is 5. The quantitative estimate of drug-likeness (QED) is 0.148. The number of rotatable bonds is 13. The van der Waals surface area contributed by atoms with E-state index >= 15 is 0 Å². The van der Waals surface area contributed by atoms with Gasteiger partial charge in [-0.2, -0.15) is 8.42 Å². The molecule has 0 unspecified atom stereocenters. The summed E-state index contributed by atoms with van der Waals surface area (Å²) in [5.74, 6) is 0. The standard InChI is InChI=1S/C29H40O4SSi/c1-6-7-8-9-10-11-14-19-26(24-25-32-34(5,30)31)33-35(29(2,3)4,27-20-15-12-16-21-27)28-22-17-13-18-23-28/h7-8,10-23,26H,6,9,24-25H2,1-5H3/b8-7-,11-10-,19-14+/t26-/m0/s1. The molecule has 2 aromatic carbocycles. The lowest BCUT2D eigenvalue weighted by Crippen LogP contribution is -2.67. The Morgan fingerprint density at radius 3 is 1.94 bits per heavy atom. The summed E-state index contributed by atoms with van der Waals surface area (Å²) >= 11 is 0. The molecular formula is C29H40O4SSi. The van der Waals surface area contributed by atoms with Gasteiger partial charge in [0.2, 0.25) is 0 Å². The molecule has 4 nitrogen and oxygen atoms in total. The second-order valence-electron chi connectivity index (χ2n) is 9.56. The van der Waals surface area contributed by atoms with Crippen molar-refractivity contribution in [3.05, 3.63) is 97.1 Å². The molecule has 6 heteroatoms. The van der Waals surface area contributed by atoms with Crippen LogP contribution < -0.4 is 10.4 Å². The maximum Gasteiger partial charge on any atom is 0.264 e. The van der Waals surface area contributed by atoms with Crippen LogP contribution in [0.5, 0.6) is 0 Å². The Hall–Kier alpha value is -2.25. The van der Waals surface area contributed by atoms with Gasteiger partial charge in [-0.1, -0.05) is 125 Å². The van der Waals surface area contributed by atoms with E-state index in [1.165, 1.54) is 10.4 Å². The van der Waals surface area contributed by atoms with Gasteiger partial charge in [0.1, 0.15) is 0 Å². The molecule has 0 aliphatic carbocycles. The highest BCUT2D eigenvalue weighted by Gasteiger charge is 2.51. The van der Waals surface area contributed by atoms with Gasteiger partial charge in [-0.15, -0.1) is 0 Å². The van der Waals surface area contributed by atoms with E-state index in [0.29, 0.717) is 6.42 Å². The van der Waals surface area contributed by atoms with E-state index in [1.807, 2.05) is 30.4 Å². The number of benzene rings is 2. The first kappa shape index (κ1) is 29.0. The summed E-state index contributed by atoms with van der Waals surface area (Å²) in [6.45, 7) is 8.87. The van der Waals surface area contributed by atoms with Gasteiger partial charge < -0.3 is 4.43 Å². The van der Waals surface area contributed by atoms with Crippen molar-refractivity contribution in [1.29, 1.82) is 0 Å². The molecule has 0 saturated heterocycles. The minimum atomic E-state index is -3.52. The molecule has 0 aliphatic heterocycles. The van der Waals surface area contributed by atoms with Crippen molar-refractivity contribution in [2.75, 3.05) is 12.9 Å². The van der Waals surface area contributed by atoms with Gasteiger partial charge in [0, 0.05) is 6.42 Å². The topological polar surface area (TPSA) is 52.6 Å². The average Bonchev–Trinajstić information content (AvgIpc) is 2.81. The van der Waals surface area contributed by atoms with E-state index in [4.69, 9.17) is 8.61 Å². The van der Waals surface area contributed by atoms with E-state index in [9.17, 15) is 8.42 Å².